The number of nitrogens with zero attached hydrogens (tertiary/aromatic N) is 2. The van der Waals surface area contributed by atoms with Crippen molar-refractivity contribution in [1.82, 2.24) is 15.0 Å². The Kier molecular flexibility index (Phi) is 10.5. The summed E-state index contributed by atoms with van der Waals surface area (Å²) in [5.74, 6) is 2.19. The molecule has 0 fully saturated rings. The van der Waals surface area contributed by atoms with Gasteiger partial charge in [0.15, 0.2) is 0 Å². The molecule has 3 aromatic carbocycles. The first-order chi connectivity index (χ1) is 18.3. The maximum atomic E-state index is 5.29. The SMILES string of the molecule is CC.CC.COc1ccc(-c2cc3c(NCc4ccccc4)nc(NCc4ccccc4)nc3[nH]2)cc1. The number of hydrogen-bond donors (Lipinski definition) is 3. The molecule has 0 amide bonds. The van der Waals surface area contributed by atoms with E-state index in [9.17, 15) is 0 Å². The van der Waals surface area contributed by atoms with Crippen LogP contribution < -0.4 is 15.4 Å². The van der Waals surface area contributed by atoms with Crippen LogP contribution in [0.2, 0.25) is 0 Å². The minimum atomic E-state index is 0.574. The average Bonchev–Trinajstić information content (AvgIpc) is 3.42. The lowest BCUT2D eigenvalue weighted by Gasteiger charge is -2.10. The second-order valence-corrected chi connectivity index (χ2v) is 7.75. The van der Waals surface area contributed by atoms with E-state index in [4.69, 9.17) is 14.7 Å². The van der Waals surface area contributed by atoms with Crippen LogP contribution in [0.5, 0.6) is 5.75 Å². The molecule has 0 radical (unpaired) electrons. The van der Waals surface area contributed by atoms with E-state index >= 15 is 0 Å². The lowest BCUT2D eigenvalue weighted by Crippen LogP contribution is -2.07. The number of fused-ring (bicyclic) bond motifs is 1. The maximum absolute atomic E-state index is 5.29. The minimum absolute atomic E-state index is 0.574. The summed E-state index contributed by atoms with van der Waals surface area (Å²) < 4.78 is 5.29. The Balaban J connectivity index is 0.000000907. The van der Waals surface area contributed by atoms with Crippen LogP contribution in [0.1, 0.15) is 38.8 Å². The molecule has 0 aliphatic heterocycles. The summed E-state index contributed by atoms with van der Waals surface area (Å²) in [5, 5.41) is 7.80. The predicted octanol–water partition coefficient (Wildman–Crippen LogP) is 7.91. The van der Waals surface area contributed by atoms with E-state index in [1.807, 2.05) is 88.4 Å². The van der Waals surface area contributed by atoms with Crippen molar-refractivity contribution in [2.75, 3.05) is 17.7 Å². The fraction of sp³-hybridized carbons (Fsp3) is 0.226. The number of H-pyrrole nitrogens is 1. The van der Waals surface area contributed by atoms with Crippen LogP contribution in [0.25, 0.3) is 22.3 Å². The Morgan fingerprint density at radius 2 is 1.27 bits per heavy atom. The molecular weight excluding hydrogens is 458 g/mol. The molecule has 6 heteroatoms. The highest BCUT2D eigenvalue weighted by Crippen LogP contribution is 2.29. The van der Waals surface area contributed by atoms with Gasteiger partial charge in [0.1, 0.15) is 17.2 Å². The lowest BCUT2D eigenvalue weighted by molar-refractivity contribution is 0.415. The summed E-state index contributed by atoms with van der Waals surface area (Å²) >= 11 is 0. The summed E-state index contributed by atoms with van der Waals surface area (Å²) in [6, 6.07) is 30.6. The third-order valence-corrected chi connectivity index (χ3v) is 5.48. The van der Waals surface area contributed by atoms with Gasteiger partial charge < -0.3 is 20.4 Å². The van der Waals surface area contributed by atoms with Crippen molar-refractivity contribution in [1.29, 1.82) is 0 Å². The smallest absolute Gasteiger partial charge is 0.226 e. The molecule has 0 bridgehead atoms. The van der Waals surface area contributed by atoms with E-state index in [0.717, 1.165) is 33.9 Å². The third kappa shape index (κ3) is 7.34. The lowest BCUT2D eigenvalue weighted by atomic mass is 10.1. The number of ether oxygens (including phenoxy) is 1. The number of aromatic amines is 1. The number of rotatable bonds is 8. The second-order valence-electron chi connectivity index (χ2n) is 7.75. The van der Waals surface area contributed by atoms with Gasteiger partial charge in [-0.15, -0.1) is 0 Å². The van der Waals surface area contributed by atoms with E-state index in [1.54, 1.807) is 7.11 Å². The Morgan fingerprint density at radius 3 is 1.84 bits per heavy atom. The maximum Gasteiger partial charge on any atom is 0.226 e. The first-order valence-electron chi connectivity index (χ1n) is 12.9. The molecule has 5 rings (SSSR count). The van der Waals surface area contributed by atoms with Gasteiger partial charge in [-0.2, -0.15) is 9.97 Å². The van der Waals surface area contributed by atoms with Crippen molar-refractivity contribution in [3.63, 3.8) is 0 Å². The van der Waals surface area contributed by atoms with Crippen molar-refractivity contribution in [2.45, 2.75) is 40.8 Å². The van der Waals surface area contributed by atoms with Gasteiger partial charge in [0, 0.05) is 18.8 Å². The molecule has 0 saturated heterocycles. The molecular formula is C31H37N5O. The molecule has 6 nitrogen and oxygen atoms in total. The molecule has 5 aromatic rings. The molecule has 2 heterocycles. The highest BCUT2D eigenvalue weighted by Gasteiger charge is 2.13. The summed E-state index contributed by atoms with van der Waals surface area (Å²) in [4.78, 5) is 13.0. The molecule has 2 aromatic heterocycles. The number of hydrogen-bond acceptors (Lipinski definition) is 5. The normalized spacial score (nSPS) is 9.97. The largest absolute Gasteiger partial charge is 0.497 e. The van der Waals surface area contributed by atoms with Gasteiger partial charge in [-0.05, 0) is 47.0 Å². The fourth-order valence-corrected chi connectivity index (χ4v) is 3.71. The van der Waals surface area contributed by atoms with Crippen LogP contribution in [0, 0.1) is 0 Å². The van der Waals surface area contributed by atoms with Crippen LogP contribution >= 0.6 is 0 Å². The van der Waals surface area contributed by atoms with Crippen LogP contribution in [0.15, 0.2) is 91.0 Å². The molecule has 0 spiro atoms. The Labute approximate surface area is 220 Å². The van der Waals surface area contributed by atoms with Crippen molar-refractivity contribution in [3.05, 3.63) is 102 Å². The average molecular weight is 496 g/mol. The van der Waals surface area contributed by atoms with Gasteiger partial charge in [-0.3, -0.25) is 0 Å². The van der Waals surface area contributed by atoms with E-state index in [0.29, 0.717) is 19.0 Å². The summed E-state index contributed by atoms with van der Waals surface area (Å²) in [6.07, 6.45) is 0. The topological polar surface area (TPSA) is 74.9 Å². The minimum Gasteiger partial charge on any atom is -0.497 e. The van der Waals surface area contributed by atoms with E-state index < -0.39 is 0 Å². The van der Waals surface area contributed by atoms with Crippen molar-refractivity contribution in [2.24, 2.45) is 0 Å². The third-order valence-electron chi connectivity index (χ3n) is 5.48. The highest BCUT2D eigenvalue weighted by molar-refractivity contribution is 5.92. The number of anilines is 2. The van der Waals surface area contributed by atoms with E-state index in [2.05, 4.69) is 45.9 Å². The molecule has 0 unspecified atom stereocenters. The van der Waals surface area contributed by atoms with E-state index in [-0.39, 0.29) is 0 Å². The summed E-state index contributed by atoms with van der Waals surface area (Å²) in [7, 11) is 1.67. The van der Waals surface area contributed by atoms with Crippen LogP contribution in [-0.4, -0.2) is 22.1 Å². The van der Waals surface area contributed by atoms with E-state index in [1.165, 1.54) is 11.1 Å². The van der Waals surface area contributed by atoms with Gasteiger partial charge in [-0.25, -0.2) is 0 Å². The zero-order chi connectivity index (χ0) is 26.5. The first-order valence-corrected chi connectivity index (χ1v) is 12.9. The van der Waals surface area contributed by atoms with Crippen molar-refractivity contribution >= 4 is 22.8 Å². The van der Waals surface area contributed by atoms with Crippen LogP contribution in [-0.2, 0) is 13.1 Å². The molecule has 3 N–H and O–H groups in total. The number of methoxy groups -OCH3 is 1. The molecule has 0 aliphatic rings. The quantitative estimate of drug-likeness (QED) is 0.204. The standard InChI is InChI=1S/C27H25N5O.2C2H6/c1-33-22-14-12-21(13-15-22)24-16-23-25(28-17-19-8-4-2-5-9-19)31-27(32-26(23)30-24)29-18-20-10-6-3-7-11-20;2*1-2/h2-16H,17-18H2,1H3,(H3,28,29,30,31,32);2*1-2H3. The summed E-state index contributed by atoms with van der Waals surface area (Å²) in [6.45, 7) is 9.32. The highest BCUT2D eigenvalue weighted by atomic mass is 16.5. The monoisotopic (exact) mass is 495 g/mol. The van der Waals surface area contributed by atoms with Gasteiger partial charge in [0.05, 0.1) is 12.5 Å². The Bertz CT molecular complexity index is 1330. The molecule has 192 valence electrons. The van der Waals surface area contributed by atoms with Gasteiger partial charge in [0.25, 0.3) is 0 Å². The Morgan fingerprint density at radius 1 is 0.703 bits per heavy atom. The number of benzene rings is 3. The molecule has 37 heavy (non-hydrogen) atoms. The second kappa shape index (κ2) is 14.3. The molecule has 0 atom stereocenters. The van der Waals surface area contributed by atoms with Gasteiger partial charge in [-0.1, -0.05) is 88.4 Å². The zero-order valence-electron chi connectivity index (χ0n) is 22.4. The van der Waals surface area contributed by atoms with Crippen molar-refractivity contribution < 1.29 is 4.74 Å². The van der Waals surface area contributed by atoms with Crippen LogP contribution in [0.4, 0.5) is 11.8 Å². The number of nitrogens with one attached hydrogen (secondary N) is 3. The van der Waals surface area contributed by atoms with Gasteiger partial charge in [0.2, 0.25) is 5.95 Å². The first kappa shape index (κ1) is 27.3. The zero-order valence-corrected chi connectivity index (χ0v) is 22.4. The van der Waals surface area contributed by atoms with Crippen molar-refractivity contribution in [3.8, 4) is 17.0 Å². The summed E-state index contributed by atoms with van der Waals surface area (Å²) in [5.41, 5.74) is 5.17. The van der Waals surface area contributed by atoms with Gasteiger partial charge >= 0.3 is 0 Å². The van der Waals surface area contributed by atoms with Crippen LogP contribution in [0.3, 0.4) is 0 Å². The molecule has 0 aliphatic carbocycles. The number of aromatic nitrogens is 3. The molecule has 0 saturated carbocycles. The fourth-order valence-electron chi connectivity index (χ4n) is 3.71. The predicted molar refractivity (Wildman–Crippen MR) is 156 cm³/mol. The Hall–Kier alpha value is -4.32.